The van der Waals surface area contributed by atoms with Gasteiger partial charge in [0.15, 0.2) is 0 Å². The number of aromatic nitrogens is 2. The average molecular weight is 495 g/mol. The molecular formula is C21H23ClN4O4S2. The second-order valence-electron chi connectivity index (χ2n) is 6.79. The Labute approximate surface area is 196 Å². The van der Waals surface area contributed by atoms with E-state index in [1.165, 1.54) is 16.4 Å². The van der Waals surface area contributed by atoms with Gasteiger partial charge in [-0.1, -0.05) is 49.3 Å². The Morgan fingerprint density at radius 1 is 1.16 bits per heavy atom. The molecule has 0 aliphatic heterocycles. The number of halogens is 1. The standard InChI is InChI=1S/C21H23ClN4O4S2/c1-4-26(5-2)32(28,29)17-8-6-7-15(11-17)20-24-25-21(30-20)31-13-19(27)23-18-12-16(22)10-9-14(18)3/h6-12H,4-5,13H2,1-3H3,(H,23,27). The van der Waals surface area contributed by atoms with Crippen LogP contribution in [0.1, 0.15) is 19.4 Å². The molecule has 0 saturated heterocycles. The van der Waals surface area contributed by atoms with Crippen molar-refractivity contribution in [1.82, 2.24) is 14.5 Å². The summed E-state index contributed by atoms with van der Waals surface area (Å²) in [6.45, 7) is 6.20. The highest BCUT2D eigenvalue weighted by atomic mass is 35.5. The summed E-state index contributed by atoms with van der Waals surface area (Å²) in [6, 6.07) is 11.6. The SMILES string of the molecule is CCN(CC)S(=O)(=O)c1cccc(-c2nnc(SCC(=O)Nc3cc(Cl)ccc3C)o2)c1. The van der Waals surface area contributed by atoms with Gasteiger partial charge in [-0.05, 0) is 42.8 Å². The Hall–Kier alpha value is -2.40. The molecule has 1 aromatic heterocycles. The van der Waals surface area contributed by atoms with Crippen LogP contribution in [0.25, 0.3) is 11.5 Å². The topological polar surface area (TPSA) is 105 Å². The van der Waals surface area contributed by atoms with Crippen LogP contribution in [0.3, 0.4) is 0 Å². The predicted molar refractivity (Wildman–Crippen MR) is 125 cm³/mol. The summed E-state index contributed by atoms with van der Waals surface area (Å²) < 4.78 is 32.5. The quantitative estimate of drug-likeness (QED) is 0.438. The van der Waals surface area contributed by atoms with Gasteiger partial charge >= 0.3 is 0 Å². The summed E-state index contributed by atoms with van der Waals surface area (Å²) >= 11 is 7.06. The number of nitrogens with one attached hydrogen (secondary N) is 1. The molecule has 1 N–H and O–H groups in total. The second-order valence-corrected chi connectivity index (χ2v) is 10.1. The number of carbonyl (C=O) groups excluding carboxylic acids is 1. The molecule has 0 unspecified atom stereocenters. The van der Waals surface area contributed by atoms with Gasteiger partial charge in [0.05, 0.1) is 10.6 Å². The van der Waals surface area contributed by atoms with Gasteiger partial charge in [0.1, 0.15) is 0 Å². The molecule has 0 radical (unpaired) electrons. The van der Waals surface area contributed by atoms with Gasteiger partial charge < -0.3 is 9.73 Å². The van der Waals surface area contributed by atoms with Crippen LogP contribution >= 0.6 is 23.4 Å². The first kappa shape index (κ1) is 24.2. The van der Waals surface area contributed by atoms with E-state index in [1.54, 1.807) is 38.1 Å². The molecule has 0 bridgehead atoms. The molecule has 170 valence electrons. The van der Waals surface area contributed by atoms with E-state index in [9.17, 15) is 13.2 Å². The number of anilines is 1. The second kappa shape index (κ2) is 10.5. The summed E-state index contributed by atoms with van der Waals surface area (Å²) in [7, 11) is -3.61. The molecule has 1 amide bonds. The maximum Gasteiger partial charge on any atom is 0.277 e. The van der Waals surface area contributed by atoms with Crippen LogP contribution in [-0.2, 0) is 14.8 Å². The molecule has 32 heavy (non-hydrogen) atoms. The van der Waals surface area contributed by atoms with Gasteiger partial charge in [-0.2, -0.15) is 4.31 Å². The van der Waals surface area contributed by atoms with Crippen molar-refractivity contribution in [2.45, 2.75) is 30.9 Å². The van der Waals surface area contributed by atoms with Crippen molar-refractivity contribution in [2.75, 3.05) is 24.2 Å². The van der Waals surface area contributed by atoms with Crippen molar-refractivity contribution >= 4 is 45.0 Å². The van der Waals surface area contributed by atoms with Gasteiger partial charge in [0, 0.05) is 29.4 Å². The molecule has 3 aromatic rings. The van der Waals surface area contributed by atoms with Crippen LogP contribution in [0.15, 0.2) is 57.0 Å². The van der Waals surface area contributed by atoms with Gasteiger partial charge in [-0.3, -0.25) is 4.79 Å². The minimum atomic E-state index is -3.61. The lowest BCUT2D eigenvalue weighted by molar-refractivity contribution is -0.113. The number of carbonyl (C=O) groups is 1. The van der Waals surface area contributed by atoms with Crippen LogP contribution < -0.4 is 5.32 Å². The van der Waals surface area contributed by atoms with E-state index in [-0.39, 0.29) is 27.7 Å². The molecule has 11 heteroatoms. The lowest BCUT2D eigenvalue weighted by atomic mass is 10.2. The maximum atomic E-state index is 12.8. The molecule has 0 spiro atoms. The van der Waals surface area contributed by atoms with Crippen molar-refractivity contribution in [1.29, 1.82) is 0 Å². The monoisotopic (exact) mass is 494 g/mol. The molecular weight excluding hydrogens is 472 g/mol. The molecule has 3 rings (SSSR count). The Bertz CT molecular complexity index is 1210. The van der Waals surface area contributed by atoms with Crippen molar-refractivity contribution in [2.24, 2.45) is 0 Å². The minimum absolute atomic E-state index is 0.0595. The van der Waals surface area contributed by atoms with E-state index < -0.39 is 10.0 Å². The fourth-order valence-electron chi connectivity index (χ4n) is 2.93. The molecule has 8 nitrogen and oxygen atoms in total. The Morgan fingerprint density at radius 3 is 2.62 bits per heavy atom. The van der Waals surface area contributed by atoms with Gasteiger partial charge in [-0.25, -0.2) is 8.42 Å². The molecule has 0 atom stereocenters. The number of benzene rings is 2. The normalized spacial score (nSPS) is 11.7. The third-order valence-corrected chi connectivity index (χ3v) is 7.73. The number of thioether (sulfide) groups is 1. The fourth-order valence-corrected chi connectivity index (χ4v) is 5.17. The van der Waals surface area contributed by atoms with Crippen molar-refractivity contribution in [3.8, 4) is 11.5 Å². The number of hydrogen-bond donors (Lipinski definition) is 1. The van der Waals surface area contributed by atoms with Gasteiger partial charge in [-0.15, -0.1) is 10.2 Å². The lowest BCUT2D eigenvalue weighted by Crippen LogP contribution is -2.30. The molecule has 1 heterocycles. The van der Waals surface area contributed by atoms with E-state index in [2.05, 4.69) is 15.5 Å². The Balaban J connectivity index is 1.68. The summed E-state index contributed by atoms with van der Waals surface area (Å²) in [5, 5.41) is 11.5. The van der Waals surface area contributed by atoms with Crippen LogP contribution in [0.4, 0.5) is 5.69 Å². The van der Waals surface area contributed by atoms with E-state index in [1.807, 2.05) is 13.0 Å². The number of nitrogens with zero attached hydrogens (tertiary/aromatic N) is 3. The molecule has 0 saturated carbocycles. The summed E-state index contributed by atoms with van der Waals surface area (Å²) in [5.41, 5.74) is 2.02. The van der Waals surface area contributed by atoms with E-state index in [0.29, 0.717) is 29.4 Å². The smallest absolute Gasteiger partial charge is 0.277 e. The van der Waals surface area contributed by atoms with Crippen LogP contribution in [0.5, 0.6) is 0 Å². The Kier molecular flexibility index (Phi) is 7.94. The molecule has 2 aromatic carbocycles. The fraction of sp³-hybridized carbons (Fsp3) is 0.286. The van der Waals surface area contributed by atoms with Crippen LogP contribution in [0.2, 0.25) is 5.02 Å². The largest absolute Gasteiger partial charge is 0.411 e. The highest BCUT2D eigenvalue weighted by Crippen LogP contribution is 2.27. The molecule has 0 aliphatic carbocycles. The molecule has 0 aliphatic rings. The van der Waals surface area contributed by atoms with Crippen LogP contribution in [0, 0.1) is 6.92 Å². The van der Waals surface area contributed by atoms with Gasteiger partial charge in [0.25, 0.3) is 5.22 Å². The molecule has 0 fully saturated rings. The van der Waals surface area contributed by atoms with Crippen molar-refractivity contribution < 1.29 is 17.6 Å². The van der Waals surface area contributed by atoms with E-state index >= 15 is 0 Å². The van der Waals surface area contributed by atoms with Crippen LogP contribution in [-0.4, -0.2) is 47.7 Å². The minimum Gasteiger partial charge on any atom is -0.411 e. The average Bonchev–Trinajstić information content (AvgIpc) is 3.25. The zero-order valence-electron chi connectivity index (χ0n) is 17.8. The number of rotatable bonds is 9. The third-order valence-electron chi connectivity index (χ3n) is 4.63. The number of hydrogen-bond acceptors (Lipinski definition) is 7. The summed E-state index contributed by atoms with van der Waals surface area (Å²) in [4.78, 5) is 12.4. The first-order valence-electron chi connectivity index (χ1n) is 9.87. The summed E-state index contributed by atoms with van der Waals surface area (Å²) in [6.07, 6.45) is 0. The zero-order valence-corrected chi connectivity index (χ0v) is 20.2. The first-order valence-corrected chi connectivity index (χ1v) is 12.7. The van der Waals surface area contributed by atoms with Crippen molar-refractivity contribution in [3.63, 3.8) is 0 Å². The van der Waals surface area contributed by atoms with E-state index in [0.717, 1.165) is 17.3 Å². The lowest BCUT2D eigenvalue weighted by Gasteiger charge is -2.18. The maximum absolute atomic E-state index is 12.8. The highest BCUT2D eigenvalue weighted by molar-refractivity contribution is 7.99. The zero-order chi connectivity index (χ0) is 23.3. The number of sulfonamides is 1. The van der Waals surface area contributed by atoms with E-state index in [4.69, 9.17) is 16.0 Å². The first-order chi connectivity index (χ1) is 15.2. The van der Waals surface area contributed by atoms with Crippen molar-refractivity contribution in [3.05, 3.63) is 53.1 Å². The number of aryl methyl sites for hydroxylation is 1. The third kappa shape index (κ3) is 5.69. The predicted octanol–water partition coefficient (Wildman–Crippen LogP) is 4.46. The summed E-state index contributed by atoms with van der Waals surface area (Å²) in [5.74, 6) is -0.00753. The van der Waals surface area contributed by atoms with Gasteiger partial charge in [0.2, 0.25) is 21.8 Å². The number of amides is 1. The Morgan fingerprint density at radius 2 is 1.91 bits per heavy atom. The highest BCUT2D eigenvalue weighted by Gasteiger charge is 2.22.